The molecule has 0 aromatic heterocycles. The predicted octanol–water partition coefficient (Wildman–Crippen LogP) is -0.468. The van der Waals surface area contributed by atoms with Crippen LogP contribution in [0.2, 0.25) is 0 Å². The van der Waals surface area contributed by atoms with E-state index in [-0.39, 0.29) is 18.6 Å². The number of carbonyl (C=O) groups excluding carboxylic acids is 1. The van der Waals surface area contributed by atoms with Crippen LogP contribution in [-0.2, 0) is 4.79 Å². The molecule has 0 aromatic carbocycles. The van der Waals surface area contributed by atoms with Gasteiger partial charge in [0.25, 0.3) is 0 Å². The number of aliphatic hydroxyl groups is 1. The molecule has 2 atom stereocenters. The molecule has 0 spiro atoms. The van der Waals surface area contributed by atoms with Crippen LogP contribution in [0.3, 0.4) is 0 Å². The topological polar surface area (TPSA) is 52.6 Å². The molecule has 1 amide bonds. The Labute approximate surface area is 94.4 Å². The van der Waals surface area contributed by atoms with Gasteiger partial charge in [0.2, 0.25) is 5.91 Å². The highest BCUT2D eigenvalue weighted by Gasteiger charge is 2.31. The summed E-state index contributed by atoms with van der Waals surface area (Å²) in [6.07, 6.45) is 0.947. The number of nitrogens with zero attached hydrogens (tertiary/aromatic N) is 1. The van der Waals surface area contributed by atoms with E-state index in [1.54, 1.807) is 0 Å². The van der Waals surface area contributed by atoms with E-state index in [1.807, 2.05) is 16.7 Å². The summed E-state index contributed by atoms with van der Waals surface area (Å²) >= 11 is 1.84. The van der Waals surface area contributed by atoms with Crippen molar-refractivity contribution >= 4 is 17.7 Å². The first-order valence-electron chi connectivity index (χ1n) is 5.52. The Morgan fingerprint density at radius 2 is 2.47 bits per heavy atom. The van der Waals surface area contributed by atoms with Gasteiger partial charge in [0.15, 0.2) is 0 Å². The van der Waals surface area contributed by atoms with E-state index in [4.69, 9.17) is 5.11 Å². The lowest BCUT2D eigenvalue weighted by atomic mass is 10.1. The Morgan fingerprint density at radius 1 is 1.60 bits per heavy atom. The van der Waals surface area contributed by atoms with Crippen LogP contribution in [0.15, 0.2) is 0 Å². The normalized spacial score (nSPS) is 31.9. The fourth-order valence-electron chi connectivity index (χ4n) is 2.13. The summed E-state index contributed by atoms with van der Waals surface area (Å²) < 4.78 is 0. The molecule has 5 heteroatoms. The molecule has 0 aliphatic carbocycles. The Kier molecular flexibility index (Phi) is 3.88. The standard InChI is InChI=1S/C10H18N2O2S/c13-6-8-1-3-12(5-8)10(14)9-7-15-4-2-11-9/h8-9,11,13H,1-7H2. The molecular formula is C10H18N2O2S. The summed E-state index contributed by atoms with van der Waals surface area (Å²) in [6, 6.07) is 0.00110. The van der Waals surface area contributed by atoms with Crippen molar-refractivity contribution < 1.29 is 9.90 Å². The van der Waals surface area contributed by atoms with Gasteiger partial charge in [0, 0.05) is 43.7 Å². The van der Waals surface area contributed by atoms with E-state index >= 15 is 0 Å². The molecule has 2 aliphatic heterocycles. The van der Waals surface area contributed by atoms with Crippen molar-refractivity contribution in [2.75, 3.05) is 37.7 Å². The van der Waals surface area contributed by atoms with Gasteiger partial charge in [-0.15, -0.1) is 0 Å². The molecule has 2 fully saturated rings. The minimum Gasteiger partial charge on any atom is -0.396 e. The zero-order valence-electron chi connectivity index (χ0n) is 8.82. The molecule has 2 heterocycles. The van der Waals surface area contributed by atoms with Crippen molar-refractivity contribution in [3.8, 4) is 0 Å². The summed E-state index contributed by atoms with van der Waals surface area (Å²) in [5, 5.41) is 12.3. The zero-order valence-corrected chi connectivity index (χ0v) is 9.63. The highest BCUT2D eigenvalue weighted by atomic mass is 32.2. The Bertz CT molecular complexity index is 231. The van der Waals surface area contributed by atoms with Crippen LogP contribution in [0.1, 0.15) is 6.42 Å². The number of hydrogen-bond acceptors (Lipinski definition) is 4. The number of likely N-dealkylation sites (tertiary alicyclic amines) is 1. The van der Waals surface area contributed by atoms with E-state index in [0.717, 1.165) is 37.6 Å². The average Bonchev–Trinajstić information content (AvgIpc) is 2.78. The number of nitrogens with one attached hydrogen (secondary N) is 1. The van der Waals surface area contributed by atoms with E-state index in [0.29, 0.717) is 5.92 Å². The largest absolute Gasteiger partial charge is 0.396 e. The number of thioether (sulfide) groups is 1. The summed E-state index contributed by atoms with van der Waals surface area (Å²) in [5.74, 6) is 2.51. The first kappa shape index (κ1) is 11.2. The molecule has 4 nitrogen and oxygen atoms in total. The quantitative estimate of drug-likeness (QED) is 0.673. The molecule has 2 aliphatic rings. The molecule has 2 saturated heterocycles. The van der Waals surface area contributed by atoms with Gasteiger partial charge < -0.3 is 15.3 Å². The summed E-state index contributed by atoms with van der Waals surface area (Å²) in [4.78, 5) is 13.9. The third kappa shape index (κ3) is 2.65. The summed E-state index contributed by atoms with van der Waals surface area (Å²) in [6.45, 7) is 2.68. The molecule has 86 valence electrons. The van der Waals surface area contributed by atoms with Crippen molar-refractivity contribution in [1.82, 2.24) is 10.2 Å². The lowest BCUT2D eigenvalue weighted by Gasteiger charge is -2.27. The Balaban J connectivity index is 1.85. The molecule has 2 unspecified atom stereocenters. The molecule has 2 N–H and O–H groups in total. The van der Waals surface area contributed by atoms with E-state index < -0.39 is 0 Å². The van der Waals surface area contributed by atoms with Crippen molar-refractivity contribution in [2.24, 2.45) is 5.92 Å². The monoisotopic (exact) mass is 230 g/mol. The van der Waals surface area contributed by atoms with Crippen molar-refractivity contribution in [2.45, 2.75) is 12.5 Å². The molecule has 0 aromatic rings. The second kappa shape index (κ2) is 5.18. The van der Waals surface area contributed by atoms with Gasteiger partial charge in [-0.05, 0) is 6.42 Å². The molecule has 0 radical (unpaired) electrons. The van der Waals surface area contributed by atoms with E-state index in [2.05, 4.69) is 5.32 Å². The van der Waals surface area contributed by atoms with Gasteiger partial charge in [-0.3, -0.25) is 4.79 Å². The lowest BCUT2D eigenvalue weighted by Crippen LogP contribution is -2.50. The van der Waals surface area contributed by atoms with Gasteiger partial charge >= 0.3 is 0 Å². The maximum absolute atomic E-state index is 12.0. The van der Waals surface area contributed by atoms with Gasteiger partial charge in [-0.1, -0.05) is 0 Å². The maximum Gasteiger partial charge on any atom is 0.240 e. The highest BCUT2D eigenvalue weighted by Crippen LogP contribution is 2.18. The van der Waals surface area contributed by atoms with Crippen molar-refractivity contribution in [3.05, 3.63) is 0 Å². The predicted molar refractivity (Wildman–Crippen MR) is 60.9 cm³/mol. The number of carbonyl (C=O) groups is 1. The fourth-order valence-corrected chi connectivity index (χ4v) is 3.05. The minimum absolute atomic E-state index is 0.00110. The van der Waals surface area contributed by atoms with Crippen LogP contribution >= 0.6 is 11.8 Å². The summed E-state index contributed by atoms with van der Waals surface area (Å²) in [7, 11) is 0. The lowest BCUT2D eigenvalue weighted by molar-refractivity contribution is -0.132. The Morgan fingerprint density at radius 3 is 3.07 bits per heavy atom. The number of hydrogen-bond donors (Lipinski definition) is 2. The van der Waals surface area contributed by atoms with Crippen LogP contribution in [-0.4, -0.2) is 59.7 Å². The van der Waals surface area contributed by atoms with Crippen LogP contribution in [0, 0.1) is 5.92 Å². The number of amides is 1. The van der Waals surface area contributed by atoms with Gasteiger partial charge in [0.1, 0.15) is 0 Å². The third-order valence-electron chi connectivity index (χ3n) is 3.08. The SMILES string of the molecule is O=C(C1CSCCN1)N1CCC(CO)C1. The number of aliphatic hydroxyl groups excluding tert-OH is 1. The molecule has 15 heavy (non-hydrogen) atoms. The van der Waals surface area contributed by atoms with Crippen LogP contribution in [0.25, 0.3) is 0 Å². The second-order valence-electron chi connectivity index (χ2n) is 4.20. The van der Waals surface area contributed by atoms with Crippen molar-refractivity contribution in [3.63, 3.8) is 0 Å². The first-order chi connectivity index (χ1) is 7.31. The highest BCUT2D eigenvalue weighted by molar-refractivity contribution is 7.99. The first-order valence-corrected chi connectivity index (χ1v) is 6.67. The van der Waals surface area contributed by atoms with Crippen LogP contribution in [0.4, 0.5) is 0 Å². The van der Waals surface area contributed by atoms with Gasteiger partial charge in [-0.25, -0.2) is 0 Å². The van der Waals surface area contributed by atoms with Gasteiger partial charge in [-0.2, -0.15) is 11.8 Å². The average molecular weight is 230 g/mol. The third-order valence-corrected chi connectivity index (χ3v) is 4.14. The number of rotatable bonds is 2. The van der Waals surface area contributed by atoms with E-state index in [9.17, 15) is 4.79 Å². The van der Waals surface area contributed by atoms with Crippen LogP contribution < -0.4 is 5.32 Å². The smallest absolute Gasteiger partial charge is 0.240 e. The van der Waals surface area contributed by atoms with Crippen molar-refractivity contribution in [1.29, 1.82) is 0 Å². The maximum atomic E-state index is 12.0. The molecular weight excluding hydrogens is 212 g/mol. The summed E-state index contributed by atoms with van der Waals surface area (Å²) in [5.41, 5.74) is 0. The molecule has 0 saturated carbocycles. The molecule has 0 bridgehead atoms. The fraction of sp³-hybridized carbons (Fsp3) is 0.900. The van der Waals surface area contributed by atoms with E-state index in [1.165, 1.54) is 0 Å². The zero-order chi connectivity index (χ0) is 10.7. The molecule has 2 rings (SSSR count). The minimum atomic E-state index is 0.00110. The van der Waals surface area contributed by atoms with Crippen LogP contribution in [0.5, 0.6) is 0 Å². The van der Waals surface area contributed by atoms with Gasteiger partial charge in [0.05, 0.1) is 6.04 Å². The Hall–Kier alpha value is -0.260. The second-order valence-corrected chi connectivity index (χ2v) is 5.35.